The van der Waals surface area contributed by atoms with E-state index in [9.17, 15) is 9.59 Å². The van der Waals surface area contributed by atoms with Crippen molar-refractivity contribution in [3.05, 3.63) is 48.6 Å². The average molecular weight is 898 g/mol. The van der Waals surface area contributed by atoms with Gasteiger partial charge in [-0.15, -0.1) is 0 Å². The first-order valence-corrected chi connectivity index (χ1v) is 28.2. The molecule has 5 nitrogen and oxygen atoms in total. The molecule has 5 heteroatoms. The molecule has 64 heavy (non-hydrogen) atoms. The zero-order chi connectivity index (χ0) is 46.3. The largest absolute Gasteiger partial charge is 0.462 e. The van der Waals surface area contributed by atoms with Gasteiger partial charge in [-0.05, 0) is 103 Å². The maximum absolute atomic E-state index is 12.8. The molecular weight excluding hydrogens is 789 g/mol. The molecule has 0 N–H and O–H groups in total. The monoisotopic (exact) mass is 897 g/mol. The predicted octanol–water partition coefficient (Wildman–Crippen LogP) is 19.1. The maximum Gasteiger partial charge on any atom is 0.306 e. The van der Waals surface area contributed by atoms with Crippen LogP contribution in [0.15, 0.2) is 48.6 Å². The number of hydrogen-bond acceptors (Lipinski definition) is 5. The van der Waals surface area contributed by atoms with Crippen molar-refractivity contribution in [1.82, 2.24) is 0 Å². The topological polar surface area (TPSA) is 61.8 Å². The zero-order valence-corrected chi connectivity index (χ0v) is 43.1. The van der Waals surface area contributed by atoms with Gasteiger partial charge in [-0.25, -0.2) is 0 Å². The second kappa shape index (κ2) is 55.2. The van der Waals surface area contributed by atoms with Gasteiger partial charge in [0.15, 0.2) is 6.10 Å². The molecule has 0 saturated carbocycles. The molecule has 0 fully saturated rings. The fourth-order valence-electron chi connectivity index (χ4n) is 8.06. The highest BCUT2D eigenvalue weighted by molar-refractivity contribution is 5.70. The van der Waals surface area contributed by atoms with Gasteiger partial charge in [0.25, 0.3) is 0 Å². The molecule has 0 aromatic rings. The van der Waals surface area contributed by atoms with E-state index in [0.717, 1.165) is 57.8 Å². The van der Waals surface area contributed by atoms with Gasteiger partial charge >= 0.3 is 11.9 Å². The number of carbonyl (C=O) groups is 2. The lowest BCUT2D eigenvalue weighted by atomic mass is 10.1. The Balaban J connectivity index is 4.27. The summed E-state index contributed by atoms with van der Waals surface area (Å²) in [6, 6.07) is 0. The summed E-state index contributed by atoms with van der Waals surface area (Å²) >= 11 is 0. The first-order chi connectivity index (χ1) is 31.6. The van der Waals surface area contributed by atoms with Gasteiger partial charge < -0.3 is 14.2 Å². The van der Waals surface area contributed by atoms with Gasteiger partial charge in [0, 0.05) is 19.4 Å². The lowest BCUT2D eigenvalue weighted by Crippen LogP contribution is -2.30. The highest BCUT2D eigenvalue weighted by atomic mass is 16.6. The summed E-state index contributed by atoms with van der Waals surface area (Å²) in [5.74, 6) is -0.402. The second-order valence-electron chi connectivity index (χ2n) is 18.8. The molecule has 0 bridgehead atoms. The van der Waals surface area contributed by atoms with E-state index in [1.807, 2.05) is 0 Å². The van der Waals surface area contributed by atoms with Crippen LogP contribution in [0.5, 0.6) is 0 Å². The highest BCUT2D eigenvalue weighted by Gasteiger charge is 2.17. The van der Waals surface area contributed by atoms with Crippen LogP contribution in [0.2, 0.25) is 0 Å². The number of esters is 2. The van der Waals surface area contributed by atoms with Crippen LogP contribution in [0.1, 0.15) is 290 Å². The standard InChI is InChI=1S/C59H108O5/c1-4-7-10-13-16-19-22-25-28-30-32-34-37-40-43-46-49-52-58(60)63-56-57(55-62-54-51-48-45-42-39-36-27-24-21-18-15-12-9-6-3)64-59(61)53-50-47-44-41-38-35-33-31-29-26-23-20-17-14-11-8-5-2/h16,19,21,24-26,28-29,57H,4-15,17-18,20,22-23,27,30-56H2,1-3H3/b19-16-,24-21-,28-25-,29-26-. The van der Waals surface area contributed by atoms with Crippen LogP contribution in [-0.2, 0) is 23.8 Å². The number of unbranched alkanes of at least 4 members (excludes halogenated alkanes) is 33. The van der Waals surface area contributed by atoms with Gasteiger partial charge in [-0.1, -0.05) is 223 Å². The number of rotatable bonds is 52. The van der Waals surface area contributed by atoms with E-state index >= 15 is 0 Å². The van der Waals surface area contributed by atoms with Crippen molar-refractivity contribution < 1.29 is 23.8 Å². The van der Waals surface area contributed by atoms with Crippen LogP contribution < -0.4 is 0 Å². The zero-order valence-electron chi connectivity index (χ0n) is 43.1. The van der Waals surface area contributed by atoms with Crippen LogP contribution in [0, 0.1) is 0 Å². The minimum absolute atomic E-state index is 0.0791. The first kappa shape index (κ1) is 61.9. The number of ether oxygens (including phenoxy) is 3. The Morgan fingerprint density at radius 3 is 1.09 bits per heavy atom. The SMILES string of the molecule is CCCCC/C=C\C/C=C\CCCCCCCCCC(=O)OCC(COCCCCCCCC/C=C\CCCCCC)OC(=O)CCCCCCCCC/C=C\CCCCCCCC. The fraction of sp³-hybridized carbons (Fsp3) is 0.831. The third-order valence-corrected chi connectivity index (χ3v) is 12.3. The van der Waals surface area contributed by atoms with Crippen molar-refractivity contribution >= 4 is 11.9 Å². The Morgan fingerprint density at radius 2 is 0.656 bits per heavy atom. The van der Waals surface area contributed by atoms with Gasteiger partial charge in [-0.2, -0.15) is 0 Å². The molecule has 0 rings (SSSR count). The van der Waals surface area contributed by atoms with Crippen LogP contribution in [0.25, 0.3) is 0 Å². The number of allylic oxidation sites excluding steroid dienone is 8. The number of carbonyl (C=O) groups excluding carboxylic acids is 2. The summed E-state index contributed by atoms with van der Waals surface area (Å²) in [6.45, 7) is 7.80. The summed E-state index contributed by atoms with van der Waals surface area (Å²) in [5, 5.41) is 0. The van der Waals surface area contributed by atoms with Crippen molar-refractivity contribution in [2.75, 3.05) is 19.8 Å². The molecule has 0 radical (unpaired) electrons. The third-order valence-electron chi connectivity index (χ3n) is 12.3. The molecule has 0 aromatic heterocycles. The summed E-state index contributed by atoms with van der Waals surface area (Å²) in [6.07, 6.45) is 68.3. The molecule has 0 heterocycles. The van der Waals surface area contributed by atoms with Gasteiger partial charge in [-0.3, -0.25) is 9.59 Å². The molecule has 0 amide bonds. The maximum atomic E-state index is 12.8. The Bertz CT molecular complexity index is 1060. The minimum Gasteiger partial charge on any atom is -0.462 e. The summed E-state index contributed by atoms with van der Waals surface area (Å²) in [4.78, 5) is 25.5. The van der Waals surface area contributed by atoms with Crippen LogP contribution in [-0.4, -0.2) is 37.9 Å². The van der Waals surface area contributed by atoms with Crippen molar-refractivity contribution in [3.63, 3.8) is 0 Å². The average Bonchev–Trinajstić information content (AvgIpc) is 3.30. The summed E-state index contributed by atoms with van der Waals surface area (Å²) in [5.41, 5.74) is 0. The van der Waals surface area contributed by atoms with Crippen LogP contribution in [0.4, 0.5) is 0 Å². The summed E-state index contributed by atoms with van der Waals surface area (Å²) < 4.78 is 17.5. The first-order valence-electron chi connectivity index (χ1n) is 28.2. The molecule has 0 saturated heterocycles. The molecule has 0 spiro atoms. The Kier molecular flexibility index (Phi) is 53.3. The molecule has 1 atom stereocenters. The highest BCUT2D eigenvalue weighted by Crippen LogP contribution is 2.15. The third kappa shape index (κ3) is 52.5. The summed E-state index contributed by atoms with van der Waals surface area (Å²) in [7, 11) is 0. The molecule has 0 aliphatic heterocycles. The van der Waals surface area contributed by atoms with Crippen molar-refractivity contribution in [2.45, 2.75) is 297 Å². The van der Waals surface area contributed by atoms with Crippen LogP contribution >= 0.6 is 0 Å². The minimum atomic E-state index is -0.544. The molecule has 374 valence electrons. The van der Waals surface area contributed by atoms with E-state index in [2.05, 4.69) is 69.4 Å². The normalized spacial score (nSPS) is 12.5. The van der Waals surface area contributed by atoms with Crippen molar-refractivity contribution in [3.8, 4) is 0 Å². The van der Waals surface area contributed by atoms with Gasteiger partial charge in [0.2, 0.25) is 0 Å². The molecular formula is C59H108O5. The molecule has 1 unspecified atom stereocenters. The van der Waals surface area contributed by atoms with E-state index < -0.39 is 6.10 Å². The van der Waals surface area contributed by atoms with Gasteiger partial charge in [0.05, 0.1) is 6.61 Å². The molecule has 0 aliphatic carbocycles. The van der Waals surface area contributed by atoms with E-state index in [0.29, 0.717) is 19.4 Å². The van der Waals surface area contributed by atoms with E-state index in [1.54, 1.807) is 0 Å². The predicted molar refractivity (Wildman–Crippen MR) is 279 cm³/mol. The van der Waals surface area contributed by atoms with E-state index in [1.165, 1.54) is 199 Å². The van der Waals surface area contributed by atoms with Gasteiger partial charge in [0.1, 0.15) is 6.61 Å². The van der Waals surface area contributed by atoms with E-state index in [4.69, 9.17) is 14.2 Å². The van der Waals surface area contributed by atoms with Crippen LogP contribution in [0.3, 0.4) is 0 Å². The molecule has 0 aliphatic rings. The van der Waals surface area contributed by atoms with Crippen molar-refractivity contribution in [2.24, 2.45) is 0 Å². The van der Waals surface area contributed by atoms with E-state index in [-0.39, 0.29) is 25.2 Å². The lowest BCUT2D eigenvalue weighted by Gasteiger charge is -2.18. The number of hydrogen-bond donors (Lipinski definition) is 0. The Labute approximate surface area is 399 Å². The fourth-order valence-corrected chi connectivity index (χ4v) is 8.06. The second-order valence-corrected chi connectivity index (χ2v) is 18.8. The Morgan fingerprint density at radius 1 is 0.344 bits per heavy atom. The lowest BCUT2D eigenvalue weighted by molar-refractivity contribution is -0.163. The Hall–Kier alpha value is -2.14. The molecule has 0 aromatic carbocycles. The van der Waals surface area contributed by atoms with Crippen molar-refractivity contribution in [1.29, 1.82) is 0 Å². The smallest absolute Gasteiger partial charge is 0.306 e. The quantitative estimate of drug-likeness (QED) is 0.0346.